The van der Waals surface area contributed by atoms with Gasteiger partial charge in [0.2, 0.25) is 0 Å². The number of aromatic nitrogens is 2. The lowest BCUT2D eigenvalue weighted by atomic mass is 10.4. The van der Waals surface area contributed by atoms with Gasteiger partial charge in [0.25, 0.3) is 5.56 Å². The average Bonchev–Trinajstić information content (AvgIpc) is 2.84. The number of nitrogens with two attached hydrogens (primary N) is 1. The van der Waals surface area contributed by atoms with Crippen LogP contribution < -0.4 is 22.3 Å². The molecule has 0 saturated carbocycles. The van der Waals surface area contributed by atoms with Crippen molar-refractivity contribution in [2.24, 2.45) is 0 Å². The number of halogens is 1. The van der Waals surface area contributed by atoms with Crippen LogP contribution in [0.1, 0.15) is 4.88 Å². The summed E-state index contributed by atoms with van der Waals surface area (Å²) < 4.78 is 7.16. The van der Waals surface area contributed by atoms with Crippen molar-refractivity contribution in [3.63, 3.8) is 0 Å². The van der Waals surface area contributed by atoms with E-state index in [9.17, 15) is 9.59 Å². The molecule has 2 aromatic rings. The van der Waals surface area contributed by atoms with Crippen molar-refractivity contribution in [2.75, 3.05) is 24.8 Å². The maximum absolute atomic E-state index is 11.9. The topological polar surface area (TPSA) is 102 Å². The summed E-state index contributed by atoms with van der Waals surface area (Å²) in [5, 5.41) is 4.92. The van der Waals surface area contributed by atoms with E-state index in [2.05, 4.69) is 26.2 Å². The molecule has 0 saturated heterocycles. The van der Waals surface area contributed by atoms with Crippen LogP contribution in [0.25, 0.3) is 0 Å². The number of nitrogen functional groups attached to an aromatic ring is 1. The van der Waals surface area contributed by atoms with Crippen LogP contribution in [-0.4, -0.2) is 23.3 Å². The van der Waals surface area contributed by atoms with Crippen LogP contribution in [-0.2, 0) is 17.8 Å². The fraction of sp³-hybridized carbons (Fsp3) is 0.333. The molecule has 0 aliphatic heterocycles. The Morgan fingerprint density at radius 3 is 2.90 bits per heavy atom. The predicted molar refractivity (Wildman–Crippen MR) is 87.0 cm³/mol. The highest BCUT2D eigenvalue weighted by Gasteiger charge is 2.12. The second-order valence-electron chi connectivity index (χ2n) is 4.21. The number of nitrogens with one attached hydrogen (secondary N) is 2. The van der Waals surface area contributed by atoms with E-state index in [1.807, 2.05) is 11.4 Å². The molecular formula is C12H15BrN4O3S. The standard InChI is InChI=1S/C12H15BrN4O3S/c1-20-4-3-17-10(14)9(11(18)16-12(17)19)15-6-8-7(13)2-5-21-8/h2,5,15H,3-4,6,14H2,1H3,(H,16,18,19). The third-order valence-corrected chi connectivity index (χ3v) is 4.80. The van der Waals surface area contributed by atoms with E-state index in [0.29, 0.717) is 13.2 Å². The number of rotatable bonds is 6. The van der Waals surface area contributed by atoms with E-state index in [0.717, 1.165) is 9.35 Å². The van der Waals surface area contributed by atoms with Crippen LogP contribution in [0.15, 0.2) is 25.5 Å². The van der Waals surface area contributed by atoms with Crippen LogP contribution in [0.4, 0.5) is 11.5 Å². The summed E-state index contributed by atoms with van der Waals surface area (Å²) >= 11 is 4.97. The molecule has 2 heterocycles. The average molecular weight is 375 g/mol. The van der Waals surface area contributed by atoms with Crippen LogP contribution in [0, 0.1) is 0 Å². The second-order valence-corrected chi connectivity index (χ2v) is 6.06. The Labute approximate surface area is 132 Å². The van der Waals surface area contributed by atoms with Gasteiger partial charge in [0.15, 0.2) is 0 Å². The van der Waals surface area contributed by atoms with Gasteiger partial charge in [0.05, 0.1) is 19.7 Å². The summed E-state index contributed by atoms with van der Waals surface area (Å²) in [6.07, 6.45) is 0. The predicted octanol–water partition coefficient (Wildman–Crippen LogP) is 1.20. The second kappa shape index (κ2) is 6.92. The van der Waals surface area contributed by atoms with Gasteiger partial charge >= 0.3 is 5.69 Å². The van der Waals surface area contributed by atoms with Crippen molar-refractivity contribution in [3.8, 4) is 0 Å². The number of thiophene rings is 1. The van der Waals surface area contributed by atoms with Crippen LogP contribution >= 0.6 is 27.3 Å². The maximum atomic E-state index is 11.9. The molecule has 21 heavy (non-hydrogen) atoms. The van der Waals surface area contributed by atoms with Crippen molar-refractivity contribution in [2.45, 2.75) is 13.1 Å². The Bertz CT molecular complexity index is 737. The Hall–Kier alpha value is -1.58. The minimum absolute atomic E-state index is 0.105. The highest BCUT2D eigenvalue weighted by molar-refractivity contribution is 9.10. The quantitative estimate of drug-likeness (QED) is 0.704. The zero-order valence-corrected chi connectivity index (χ0v) is 13.7. The molecule has 4 N–H and O–H groups in total. The molecule has 0 bridgehead atoms. The van der Waals surface area contributed by atoms with Gasteiger partial charge in [-0.25, -0.2) is 4.79 Å². The molecule has 2 rings (SSSR count). The lowest BCUT2D eigenvalue weighted by Crippen LogP contribution is -2.34. The fourth-order valence-electron chi connectivity index (χ4n) is 1.78. The maximum Gasteiger partial charge on any atom is 0.330 e. The zero-order valence-electron chi connectivity index (χ0n) is 11.3. The molecule has 0 spiro atoms. The number of ether oxygens (including phenoxy) is 1. The SMILES string of the molecule is COCCn1c(N)c(NCc2sccc2Br)c(=O)[nH]c1=O. The summed E-state index contributed by atoms with van der Waals surface area (Å²) in [6.45, 7) is 1.04. The number of nitrogens with zero attached hydrogens (tertiary/aromatic N) is 1. The number of aromatic amines is 1. The van der Waals surface area contributed by atoms with Crippen LogP contribution in [0.5, 0.6) is 0 Å². The molecule has 0 amide bonds. The first-order valence-electron chi connectivity index (χ1n) is 6.12. The Kier molecular flexibility index (Phi) is 5.21. The van der Waals surface area contributed by atoms with E-state index in [1.165, 1.54) is 11.7 Å². The summed E-state index contributed by atoms with van der Waals surface area (Å²) in [7, 11) is 1.53. The Morgan fingerprint density at radius 1 is 1.52 bits per heavy atom. The molecule has 0 fully saturated rings. The van der Waals surface area contributed by atoms with Gasteiger partial charge < -0.3 is 15.8 Å². The van der Waals surface area contributed by atoms with Gasteiger partial charge in [-0.3, -0.25) is 14.3 Å². The van der Waals surface area contributed by atoms with E-state index in [1.54, 1.807) is 11.3 Å². The lowest BCUT2D eigenvalue weighted by molar-refractivity contribution is 0.186. The van der Waals surface area contributed by atoms with E-state index >= 15 is 0 Å². The summed E-state index contributed by atoms with van der Waals surface area (Å²) in [6, 6.07) is 1.93. The van der Waals surface area contributed by atoms with Gasteiger partial charge in [0.1, 0.15) is 11.5 Å². The molecule has 114 valence electrons. The van der Waals surface area contributed by atoms with Crippen molar-refractivity contribution in [1.29, 1.82) is 0 Å². The first-order valence-corrected chi connectivity index (χ1v) is 7.79. The molecule has 0 aliphatic rings. The number of hydrogen-bond donors (Lipinski definition) is 3. The van der Waals surface area contributed by atoms with Gasteiger partial charge in [-0.05, 0) is 27.4 Å². The fourth-order valence-corrected chi connectivity index (χ4v) is 3.22. The molecule has 9 heteroatoms. The highest BCUT2D eigenvalue weighted by atomic mass is 79.9. The Morgan fingerprint density at radius 2 is 2.29 bits per heavy atom. The monoisotopic (exact) mass is 374 g/mol. The molecule has 2 aromatic heterocycles. The van der Waals surface area contributed by atoms with Gasteiger partial charge in [-0.1, -0.05) is 0 Å². The molecule has 0 unspecified atom stereocenters. The van der Waals surface area contributed by atoms with E-state index < -0.39 is 11.2 Å². The first kappa shape index (κ1) is 15.8. The highest BCUT2D eigenvalue weighted by Crippen LogP contribution is 2.23. The number of hydrogen-bond acceptors (Lipinski definition) is 6. The molecule has 7 nitrogen and oxygen atoms in total. The normalized spacial score (nSPS) is 10.8. The summed E-state index contributed by atoms with van der Waals surface area (Å²) in [4.78, 5) is 26.9. The van der Waals surface area contributed by atoms with Crippen LogP contribution in [0.3, 0.4) is 0 Å². The molecule has 0 aliphatic carbocycles. The summed E-state index contributed by atoms with van der Waals surface area (Å²) in [5.41, 5.74) is 5.03. The smallest absolute Gasteiger partial charge is 0.330 e. The largest absolute Gasteiger partial charge is 0.383 e. The van der Waals surface area contributed by atoms with Gasteiger partial charge in [-0.2, -0.15) is 0 Å². The minimum Gasteiger partial charge on any atom is -0.383 e. The first-order chi connectivity index (χ1) is 10.0. The Balaban J connectivity index is 2.28. The summed E-state index contributed by atoms with van der Waals surface area (Å²) in [5.74, 6) is 0.105. The van der Waals surface area contributed by atoms with Crippen molar-refractivity contribution in [3.05, 3.63) is 41.6 Å². The van der Waals surface area contributed by atoms with E-state index in [4.69, 9.17) is 10.5 Å². The molecule has 0 radical (unpaired) electrons. The number of methoxy groups -OCH3 is 1. The van der Waals surface area contributed by atoms with Gasteiger partial charge in [-0.15, -0.1) is 11.3 Å². The van der Waals surface area contributed by atoms with Crippen molar-refractivity contribution >= 4 is 38.8 Å². The van der Waals surface area contributed by atoms with Crippen molar-refractivity contribution < 1.29 is 4.74 Å². The number of anilines is 2. The third-order valence-electron chi connectivity index (χ3n) is 2.88. The van der Waals surface area contributed by atoms with E-state index in [-0.39, 0.29) is 18.1 Å². The van der Waals surface area contributed by atoms with Crippen molar-refractivity contribution in [1.82, 2.24) is 9.55 Å². The lowest BCUT2D eigenvalue weighted by Gasteiger charge is -2.13. The minimum atomic E-state index is -0.544. The zero-order chi connectivity index (χ0) is 15.4. The number of H-pyrrole nitrogens is 1. The van der Waals surface area contributed by atoms with Crippen LogP contribution in [0.2, 0.25) is 0 Å². The molecule has 0 aromatic carbocycles. The molecule has 0 atom stereocenters. The van der Waals surface area contributed by atoms with Gasteiger partial charge in [0, 0.05) is 16.5 Å². The molecular weight excluding hydrogens is 360 g/mol. The third kappa shape index (κ3) is 3.55.